The number of aromatic nitrogens is 2. The summed E-state index contributed by atoms with van der Waals surface area (Å²) in [5.41, 5.74) is 2.08. The van der Waals surface area contributed by atoms with Crippen LogP contribution in [-0.4, -0.2) is 90.8 Å². The van der Waals surface area contributed by atoms with Crippen molar-refractivity contribution >= 4 is 22.5 Å². The Bertz CT molecular complexity index is 925. The molecule has 3 aliphatic heterocycles. The summed E-state index contributed by atoms with van der Waals surface area (Å²) in [5.74, 6) is 0.981. The average molecular weight is 440 g/mol. The van der Waals surface area contributed by atoms with Crippen molar-refractivity contribution in [1.29, 1.82) is 0 Å². The number of carbonyl (C=O) groups is 1. The van der Waals surface area contributed by atoms with Crippen molar-refractivity contribution < 1.29 is 14.3 Å². The number of rotatable bonds is 6. The lowest BCUT2D eigenvalue weighted by atomic mass is 10.2. The Kier molecular flexibility index (Phi) is 6.69. The molecular weight excluding hydrogens is 406 g/mol. The minimum absolute atomic E-state index is 0.0661. The minimum atomic E-state index is 0.0661. The molecule has 0 aliphatic carbocycles. The maximum atomic E-state index is 12.2. The summed E-state index contributed by atoms with van der Waals surface area (Å²) in [6, 6.07) is 6.36. The van der Waals surface area contributed by atoms with Gasteiger partial charge in [-0.1, -0.05) is 6.42 Å². The molecule has 2 aromatic rings. The molecule has 172 valence electrons. The topological polar surface area (TPSA) is 71.0 Å². The molecular formula is C24H33N5O3. The van der Waals surface area contributed by atoms with Gasteiger partial charge in [-0.25, -0.2) is 9.97 Å². The predicted octanol–water partition coefficient (Wildman–Crippen LogP) is 2.32. The molecule has 0 saturated carbocycles. The molecule has 32 heavy (non-hydrogen) atoms. The van der Waals surface area contributed by atoms with Gasteiger partial charge >= 0.3 is 0 Å². The molecule has 0 radical (unpaired) electrons. The van der Waals surface area contributed by atoms with E-state index in [-0.39, 0.29) is 6.10 Å². The van der Waals surface area contributed by atoms with E-state index in [0.29, 0.717) is 18.4 Å². The fourth-order valence-electron chi connectivity index (χ4n) is 4.84. The van der Waals surface area contributed by atoms with E-state index >= 15 is 0 Å². The van der Waals surface area contributed by atoms with Crippen molar-refractivity contribution in [2.45, 2.75) is 38.2 Å². The molecule has 3 saturated heterocycles. The smallest absolute Gasteiger partial charge is 0.224 e. The summed E-state index contributed by atoms with van der Waals surface area (Å²) in [7, 11) is 0. The molecule has 1 unspecified atom stereocenters. The van der Waals surface area contributed by atoms with Gasteiger partial charge in [0.15, 0.2) is 0 Å². The van der Waals surface area contributed by atoms with Gasteiger partial charge in [0.25, 0.3) is 0 Å². The van der Waals surface area contributed by atoms with Gasteiger partial charge in [-0.2, -0.15) is 0 Å². The quantitative estimate of drug-likeness (QED) is 0.684. The molecule has 8 heteroatoms. The molecule has 1 atom stereocenters. The van der Waals surface area contributed by atoms with E-state index in [1.165, 1.54) is 12.1 Å². The number of fused-ring (bicyclic) bond motifs is 1. The van der Waals surface area contributed by atoms with Gasteiger partial charge in [-0.05, 0) is 31.0 Å². The first-order valence-corrected chi connectivity index (χ1v) is 12.0. The van der Waals surface area contributed by atoms with Crippen LogP contribution in [0.3, 0.4) is 0 Å². The van der Waals surface area contributed by atoms with Crippen LogP contribution in [0.15, 0.2) is 24.5 Å². The summed E-state index contributed by atoms with van der Waals surface area (Å²) < 4.78 is 11.6. The molecule has 0 spiro atoms. The molecule has 1 amide bonds. The summed E-state index contributed by atoms with van der Waals surface area (Å²) in [6.07, 6.45) is 6.63. The van der Waals surface area contributed by atoms with Crippen molar-refractivity contribution in [3.63, 3.8) is 0 Å². The number of nitrogens with zero attached hydrogens (tertiary/aromatic N) is 5. The van der Waals surface area contributed by atoms with Crippen LogP contribution in [0, 0.1) is 0 Å². The zero-order valence-corrected chi connectivity index (χ0v) is 18.7. The van der Waals surface area contributed by atoms with Gasteiger partial charge in [-0.3, -0.25) is 9.69 Å². The molecule has 1 aromatic heterocycles. The van der Waals surface area contributed by atoms with Crippen molar-refractivity contribution in [1.82, 2.24) is 19.8 Å². The lowest BCUT2D eigenvalue weighted by Crippen LogP contribution is -2.49. The lowest BCUT2D eigenvalue weighted by Gasteiger charge is -2.37. The van der Waals surface area contributed by atoms with Crippen LogP contribution < -0.4 is 9.64 Å². The number of hydrogen-bond donors (Lipinski definition) is 0. The van der Waals surface area contributed by atoms with Crippen LogP contribution in [-0.2, 0) is 9.53 Å². The van der Waals surface area contributed by atoms with E-state index in [9.17, 15) is 4.79 Å². The second kappa shape index (κ2) is 10.0. The standard InChI is InChI=1S/C24H33N5O3/c30-23-4-2-1-3-8-29(23)14-11-27-9-12-28(13-10-27)19-5-6-22-21(16-19)24(26-18-25-22)32-20-7-15-31-17-20/h5-6,16,18,20H,1-4,7-15,17H2. The van der Waals surface area contributed by atoms with E-state index in [0.717, 1.165) is 89.0 Å². The highest BCUT2D eigenvalue weighted by molar-refractivity contribution is 5.86. The number of piperazine rings is 1. The number of amides is 1. The Morgan fingerprint density at radius 2 is 1.94 bits per heavy atom. The number of ether oxygens (including phenoxy) is 2. The fourth-order valence-corrected chi connectivity index (χ4v) is 4.84. The van der Waals surface area contributed by atoms with Crippen molar-refractivity contribution in [2.75, 3.05) is 63.9 Å². The molecule has 0 bridgehead atoms. The summed E-state index contributed by atoms with van der Waals surface area (Å²) in [4.78, 5) is 28.0. The zero-order chi connectivity index (χ0) is 21.8. The second-order valence-electron chi connectivity index (χ2n) is 9.00. The van der Waals surface area contributed by atoms with Crippen LogP contribution >= 0.6 is 0 Å². The third kappa shape index (κ3) is 4.96. The lowest BCUT2D eigenvalue weighted by molar-refractivity contribution is -0.130. The third-order valence-electron chi connectivity index (χ3n) is 6.84. The van der Waals surface area contributed by atoms with Crippen molar-refractivity contribution in [3.05, 3.63) is 24.5 Å². The maximum absolute atomic E-state index is 12.2. The van der Waals surface area contributed by atoms with E-state index in [1.54, 1.807) is 6.33 Å². The number of hydrogen-bond acceptors (Lipinski definition) is 7. The molecule has 5 rings (SSSR count). The summed E-state index contributed by atoms with van der Waals surface area (Å²) in [6.45, 7) is 8.08. The van der Waals surface area contributed by atoms with Crippen LogP contribution in [0.1, 0.15) is 32.1 Å². The largest absolute Gasteiger partial charge is 0.471 e. The molecule has 8 nitrogen and oxygen atoms in total. The Morgan fingerprint density at radius 1 is 1.03 bits per heavy atom. The SMILES string of the molecule is O=C1CCCCCN1CCN1CCN(c2ccc3ncnc(OC4CCOC4)c3c2)CC1. The monoisotopic (exact) mass is 439 g/mol. The first-order valence-electron chi connectivity index (χ1n) is 12.0. The Hall–Kier alpha value is -2.45. The van der Waals surface area contributed by atoms with Crippen molar-refractivity contribution in [2.24, 2.45) is 0 Å². The molecule has 1 aromatic carbocycles. The van der Waals surface area contributed by atoms with Gasteiger partial charge in [-0.15, -0.1) is 0 Å². The average Bonchev–Trinajstić information content (AvgIpc) is 3.25. The predicted molar refractivity (Wildman–Crippen MR) is 123 cm³/mol. The Morgan fingerprint density at radius 3 is 2.78 bits per heavy atom. The van der Waals surface area contributed by atoms with Gasteiger partial charge in [0, 0.05) is 64.3 Å². The first kappa shape index (κ1) is 21.4. The fraction of sp³-hybridized carbons (Fsp3) is 0.625. The molecule has 0 N–H and O–H groups in total. The Labute approximate surface area is 189 Å². The minimum Gasteiger partial charge on any atom is -0.471 e. The zero-order valence-electron chi connectivity index (χ0n) is 18.7. The molecule has 3 fully saturated rings. The van der Waals surface area contributed by atoms with Gasteiger partial charge in [0.2, 0.25) is 11.8 Å². The van der Waals surface area contributed by atoms with Crippen molar-refractivity contribution in [3.8, 4) is 5.88 Å². The van der Waals surface area contributed by atoms with Crippen LogP contribution in [0.5, 0.6) is 5.88 Å². The number of carbonyl (C=O) groups excluding carboxylic acids is 1. The van der Waals surface area contributed by atoms with E-state index < -0.39 is 0 Å². The number of benzene rings is 1. The van der Waals surface area contributed by atoms with Gasteiger partial charge < -0.3 is 19.3 Å². The van der Waals surface area contributed by atoms with Gasteiger partial charge in [0.05, 0.1) is 24.1 Å². The molecule has 4 heterocycles. The normalized spacial score (nSPS) is 23.0. The van der Waals surface area contributed by atoms with Crippen LogP contribution in [0.25, 0.3) is 10.9 Å². The second-order valence-corrected chi connectivity index (χ2v) is 9.00. The van der Waals surface area contributed by atoms with E-state index in [2.05, 4.69) is 42.9 Å². The number of likely N-dealkylation sites (tertiary alicyclic amines) is 1. The van der Waals surface area contributed by atoms with E-state index in [1.807, 2.05) is 0 Å². The highest BCUT2D eigenvalue weighted by atomic mass is 16.5. The van der Waals surface area contributed by atoms with Gasteiger partial charge in [0.1, 0.15) is 12.4 Å². The Balaban J connectivity index is 1.19. The maximum Gasteiger partial charge on any atom is 0.224 e. The number of anilines is 1. The summed E-state index contributed by atoms with van der Waals surface area (Å²) >= 11 is 0. The third-order valence-corrected chi connectivity index (χ3v) is 6.84. The molecule has 3 aliphatic rings. The van der Waals surface area contributed by atoms with Crippen LogP contribution in [0.2, 0.25) is 0 Å². The van der Waals surface area contributed by atoms with Crippen LogP contribution in [0.4, 0.5) is 5.69 Å². The summed E-state index contributed by atoms with van der Waals surface area (Å²) in [5, 5.41) is 0.957. The van der Waals surface area contributed by atoms with E-state index in [4.69, 9.17) is 9.47 Å². The first-order chi connectivity index (χ1) is 15.8. The highest BCUT2D eigenvalue weighted by Gasteiger charge is 2.22. The highest BCUT2D eigenvalue weighted by Crippen LogP contribution is 2.28.